The zero-order valence-electron chi connectivity index (χ0n) is 18.5. The molecular weight excluding hydrogens is 362 g/mol. The molecule has 7 heteroatoms. The number of nitrogens with one attached hydrogen (secondary N) is 1. The highest BCUT2D eigenvalue weighted by molar-refractivity contribution is 5.79. The molecule has 3 aromatic rings. The molecule has 0 atom stereocenters. The van der Waals surface area contributed by atoms with Gasteiger partial charge in [-0.15, -0.1) is 0 Å². The van der Waals surface area contributed by atoms with Crippen molar-refractivity contribution in [1.29, 1.82) is 0 Å². The molecule has 1 aromatic carbocycles. The lowest BCUT2D eigenvalue weighted by atomic mass is 10.1. The predicted molar refractivity (Wildman–Crippen MR) is 119 cm³/mol. The number of hydrogen-bond acceptors (Lipinski definition) is 3. The summed E-state index contributed by atoms with van der Waals surface area (Å²) < 4.78 is 4.13. The van der Waals surface area contributed by atoms with Crippen molar-refractivity contribution in [3.8, 4) is 0 Å². The fourth-order valence-corrected chi connectivity index (χ4v) is 3.70. The average molecular weight is 396 g/mol. The second-order valence-electron chi connectivity index (χ2n) is 7.76. The second-order valence-corrected chi connectivity index (χ2v) is 7.76. The Bertz CT molecular complexity index is 980. The normalized spacial score (nSPS) is 12.2. The Labute approximate surface area is 173 Å². The van der Waals surface area contributed by atoms with E-state index in [0.29, 0.717) is 12.5 Å². The monoisotopic (exact) mass is 395 g/mol. The molecule has 2 aromatic heterocycles. The number of nitrogens with zero attached hydrogens (tertiary/aromatic N) is 6. The molecule has 3 rings (SSSR count). The third kappa shape index (κ3) is 4.78. The zero-order valence-corrected chi connectivity index (χ0v) is 18.5. The van der Waals surface area contributed by atoms with Gasteiger partial charge in [0.25, 0.3) is 0 Å². The predicted octanol–water partition coefficient (Wildman–Crippen LogP) is 3.30. The average Bonchev–Trinajstić information content (AvgIpc) is 3.20. The number of guanidine groups is 1. The van der Waals surface area contributed by atoms with Crippen molar-refractivity contribution in [1.82, 2.24) is 29.5 Å². The Balaban J connectivity index is 1.73. The van der Waals surface area contributed by atoms with E-state index in [4.69, 9.17) is 4.99 Å². The first kappa shape index (κ1) is 20.9. The van der Waals surface area contributed by atoms with Crippen LogP contribution in [-0.2, 0) is 20.1 Å². The third-order valence-electron chi connectivity index (χ3n) is 5.02. The first-order valence-electron chi connectivity index (χ1n) is 10.3. The van der Waals surface area contributed by atoms with E-state index in [0.717, 1.165) is 48.1 Å². The van der Waals surface area contributed by atoms with Crippen molar-refractivity contribution in [3.05, 3.63) is 47.5 Å². The van der Waals surface area contributed by atoms with Crippen molar-refractivity contribution in [3.63, 3.8) is 0 Å². The second kappa shape index (κ2) is 9.11. The van der Waals surface area contributed by atoms with Crippen LogP contribution < -0.4 is 5.32 Å². The first-order valence-corrected chi connectivity index (χ1v) is 10.3. The number of rotatable bonds is 7. The number of aliphatic imine (C=N–C) groups is 1. The van der Waals surface area contributed by atoms with Gasteiger partial charge in [0.15, 0.2) is 5.96 Å². The van der Waals surface area contributed by atoms with E-state index in [-0.39, 0.29) is 0 Å². The molecule has 0 radical (unpaired) electrons. The smallest absolute Gasteiger partial charge is 0.194 e. The van der Waals surface area contributed by atoms with E-state index in [1.54, 1.807) is 0 Å². The molecule has 0 bridgehead atoms. The van der Waals surface area contributed by atoms with E-state index in [1.807, 2.05) is 17.8 Å². The molecule has 7 nitrogen and oxygen atoms in total. The van der Waals surface area contributed by atoms with Crippen LogP contribution in [0.15, 0.2) is 35.5 Å². The summed E-state index contributed by atoms with van der Waals surface area (Å²) in [6, 6.07) is 8.26. The number of fused-ring (bicyclic) bond motifs is 1. The van der Waals surface area contributed by atoms with Crippen molar-refractivity contribution in [2.45, 2.75) is 46.7 Å². The highest BCUT2D eigenvalue weighted by Crippen LogP contribution is 2.19. The van der Waals surface area contributed by atoms with Crippen LogP contribution >= 0.6 is 0 Å². The lowest BCUT2D eigenvalue weighted by Gasteiger charge is -2.22. The van der Waals surface area contributed by atoms with Crippen LogP contribution in [-0.4, -0.2) is 50.3 Å². The maximum absolute atomic E-state index is 4.87. The van der Waals surface area contributed by atoms with E-state index < -0.39 is 0 Å². The summed E-state index contributed by atoms with van der Waals surface area (Å²) in [4.78, 5) is 11.7. The topological polar surface area (TPSA) is 63.3 Å². The molecule has 0 amide bonds. The summed E-state index contributed by atoms with van der Waals surface area (Å²) >= 11 is 0. The number of para-hydroxylation sites is 2. The SMILES string of the molecule is CCNC(=NCCn1c(C)nc2ccccc21)N(C)Cc1cn(C)nc1C(C)C. The van der Waals surface area contributed by atoms with Gasteiger partial charge in [0.05, 0.1) is 23.3 Å². The molecule has 0 unspecified atom stereocenters. The summed E-state index contributed by atoms with van der Waals surface area (Å²) in [6.45, 7) is 11.6. The van der Waals surface area contributed by atoms with E-state index >= 15 is 0 Å². The van der Waals surface area contributed by atoms with Crippen LogP contribution in [0, 0.1) is 6.92 Å². The van der Waals surface area contributed by atoms with Crippen LogP contribution in [0.5, 0.6) is 0 Å². The summed E-state index contributed by atoms with van der Waals surface area (Å²) in [7, 11) is 4.06. The van der Waals surface area contributed by atoms with Crippen molar-refractivity contribution < 1.29 is 0 Å². The number of hydrogen-bond donors (Lipinski definition) is 1. The number of aryl methyl sites for hydroxylation is 2. The summed E-state index contributed by atoms with van der Waals surface area (Å²) in [6.07, 6.45) is 2.11. The van der Waals surface area contributed by atoms with Crippen molar-refractivity contribution >= 4 is 17.0 Å². The Morgan fingerprint density at radius 3 is 2.76 bits per heavy atom. The van der Waals surface area contributed by atoms with Gasteiger partial charge < -0.3 is 14.8 Å². The van der Waals surface area contributed by atoms with Gasteiger partial charge in [-0.2, -0.15) is 5.10 Å². The quantitative estimate of drug-likeness (QED) is 0.492. The standard InChI is InChI=1S/C22H33N7/c1-7-23-22(27(5)14-18-15-28(6)26-21(18)16(2)3)24-12-13-29-17(4)25-19-10-8-9-11-20(19)29/h8-11,15-16H,7,12-14H2,1-6H3,(H,23,24). The fraction of sp³-hybridized carbons (Fsp3) is 0.500. The Morgan fingerprint density at radius 1 is 1.28 bits per heavy atom. The molecule has 1 N–H and O–H groups in total. The molecule has 2 heterocycles. The van der Waals surface area contributed by atoms with Crippen LogP contribution in [0.1, 0.15) is 43.8 Å². The van der Waals surface area contributed by atoms with Gasteiger partial charge in [-0.3, -0.25) is 9.67 Å². The molecular formula is C22H33N7. The molecule has 0 aliphatic heterocycles. The van der Waals surface area contributed by atoms with E-state index in [9.17, 15) is 0 Å². The Hall–Kier alpha value is -2.83. The minimum absolute atomic E-state index is 0.400. The Kier molecular flexibility index (Phi) is 6.56. The van der Waals surface area contributed by atoms with Crippen LogP contribution in [0.2, 0.25) is 0 Å². The van der Waals surface area contributed by atoms with Crippen molar-refractivity contribution in [2.24, 2.45) is 12.0 Å². The number of imidazole rings is 1. The highest BCUT2D eigenvalue weighted by Gasteiger charge is 2.15. The number of aromatic nitrogens is 4. The lowest BCUT2D eigenvalue weighted by Crippen LogP contribution is -2.38. The molecule has 0 saturated heterocycles. The number of benzene rings is 1. The van der Waals surface area contributed by atoms with Crippen LogP contribution in [0.4, 0.5) is 0 Å². The van der Waals surface area contributed by atoms with E-state index in [1.165, 1.54) is 5.56 Å². The molecule has 29 heavy (non-hydrogen) atoms. The van der Waals surface area contributed by atoms with Gasteiger partial charge in [0.1, 0.15) is 5.82 Å². The highest BCUT2D eigenvalue weighted by atomic mass is 15.3. The molecule has 0 spiro atoms. The minimum Gasteiger partial charge on any atom is -0.357 e. The molecule has 156 valence electrons. The fourth-order valence-electron chi connectivity index (χ4n) is 3.70. The van der Waals surface area contributed by atoms with Gasteiger partial charge in [-0.1, -0.05) is 26.0 Å². The Morgan fingerprint density at radius 2 is 2.03 bits per heavy atom. The van der Waals surface area contributed by atoms with Gasteiger partial charge in [-0.25, -0.2) is 4.98 Å². The summed E-state index contributed by atoms with van der Waals surface area (Å²) in [5.74, 6) is 2.33. The molecule has 0 aliphatic carbocycles. The van der Waals surface area contributed by atoms with Gasteiger partial charge >= 0.3 is 0 Å². The first-order chi connectivity index (χ1) is 13.9. The summed E-state index contributed by atoms with van der Waals surface area (Å²) in [5.41, 5.74) is 4.59. The van der Waals surface area contributed by atoms with E-state index in [2.05, 4.69) is 84.0 Å². The van der Waals surface area contributed by atoms with Gasteiger partial charge in [0.2, 0.25) is 0 Å². The van der Waals surface area contributed by atoms with Crippen LogP contribution in [0.3, 0.4) is 0 Å². The lowest BCUT2D eigenvalue weighted by molar-refractivity contribution is 0.472. The molecule has 0 fully saturated rings. The molecule has 0 aliphatic rings. The third-order valence-corrected chi connectivity index (χ3v) is 5.02. The maximum Gasteiger partial charge on any atom is 0.194 e. The van der Waals surface area contributed by atoms with Crippen LogP contribution in [0.25, 0.3) is 11.0 Å². The van der Waals surface area contributed by atoms with Gasteiger partial charge in [-0.05, 0) is 31.9 Å². The van der Waals surface area contributed by atoms with Crippen molar-refractivity contribution in [2.75, 3.05) is 20.1 Å². The summed E-state index contributed by atoms with van der Waals surface area (Å²) in [5, 5.41) is 8.04. The molecule has 0 saturated carbocycles. The largest absolute Gasteiger partial charge is 0.357 e. The zero-order chi connectivity index (χ0) is 21.0. The minimum atomic E-state index is 0.400. The van der Waals surface area contributed by atoms with Gasteiger partial charge in [0, 0.05) is 45.5 Å². The maximum atomic E-state index is 4.87.